The molecular formula is C14H19NO5S. The number of primary sulfonamides is 1. The van der Waals surface area contributed by atoms with E-state index in [0.29, 0.717) is 37.2 Å². The van der Waals surface area contributed by atoms with Crippen molar-refractivity contribution < 1.29 is 22.7 Å². The van der Waals surface area contributed by atoms with Gasteiger partial charge in [-0.2, -0.15) is 0 Å². The largest absolute Gasteiger partial charge is 0.459 e. The van der Waals surface area contributed by atoms with E-state index in [2.05, 4.69) is 0 Å². The van der Waals surface area contributed by atoms with Crippen LogP contribution in [0.5, 0.6) is 0 Å². The van der Waals surface area contributed by atoms with E-state index in [-0.39, 0.29) is 16.6 Å². The van der Waals surface area contributed by atoms with Gasteiger partial charge in [0.2, 0.25) is 10.0 Å². The number of aryl methyl sites for hydroxylation is 2. The molecule has 1 aliphatic heterocycles. The predicted octanol–water partition coefficient (Wildman–Crippen LogP) is 1.29. The van der Waals surface area contributed by atoms with Crippen molar-refractivity contribution in [1.82, 2.24) is 0 Å². The lowest BCUT2D eigenvalue weighted by Gasteiger charge is -2.22. The van der Waals surface area contributed by atoms with Crippen molar-refractivity contribution in [2.75, 3.05) is 13.2 Å². The fraction of sp³-hybridized carbons (Fsp3) is 0.500. The van der Waals surface area contributed by atoms with Crippen LogP contribution in [0.25, 0.3) is 0 Å². The third kappa shape index (κ3) is 3.81. The summed E-state index contributed by atoms with van der Waals surface area (Å²) >= 11 is 0. The second kappa shape index (κ2) is 6.13. The average molecular weight is 313 g/mol. The number of hydrogen-bond acceptors (Lipinski definition) is 5. The van der Waals surface area contributed by atoms with E-state index in [1.54, 1.807) is 19.9 Å². The van der Waals surface area contributed by atoms with Gasteiger partial charge in [-0.25, -0.2) is 18.4 Å². The molecular weight excluding hydrogens is 294 g/mol. The van der Waals surface area contributed by atoms with Gasteiger partial charge in [0.1, 0.15) is 6.10 Å². The first-order chi connectivity index (χ1) is 9.79. The highest BCUT2D eigenvalue weighted by molar-refractivity contribution is 7.89. The van der Waals surface area contributed by atoms with Gasteiger partial charge in [0, 0.05) is 12.8 Å². The third-order valence-electron chi connectivity index (χ3n) is 3.49. The van der Waals surface area contributed by atoms with Crippen LogP contribution in [0, 0.1) is 13.8 Å². The third-order valence-corrected chi connectivity index (χ3v) is 4.54. The van der Waals surface area contributed by atoms with Crippen molar-refractivity contribution in [1.29, 1.82) is 0 Å². The Hall–Kier alpha value is -1.44. The normalized spacial score (nSPS) is 16.7. The fourth-order valence-corrected chi connectivity index (χ4v) is 3.16. The summed E-state index contributed by atoms with van der Waals surface area (Å²) in [5.41, 5.74) is 1.41. The first-order valence-corrected chi connectivity index (χ1v) is 8.26. The smallest absolute Gasteiger partial charge is 0.338 e. The van der Waals surface area contributed by atoms with Gasteiger partial charge < -0.3 is 9.47 Å². The van der Waals surface area contributed by atoms with Crippen LogP contribution >= 0.6 is 0 Å². The van der Waals surface area contributed by atoms with E-state index in [1.807, 2.05) is 0 Å². The summed E-state index contributed by atoms with van der Waals surface area (Å²) in [6.07, 6.45) is 1.11. The van der Waals surface area contributed by atoms with Gasteiger partial charge in [0.25, 0.3) is 0 Å². The van der Waals surface area contributed by atoms with Crippen LogP contribution < -0.4 is 5.14 Å². The van der Waals surface area contributed by atoms with Crippen LogP contribution in [0.1, 0.15) is 34.3 Å². The van der Waals surface area contributed by atoms with Gasteiger partial charge in [-0.05, 0) is 31.0 Å². The molecule has 0 bridgehead atoms. The van der Waals surface area contributed by atoms with Crippen molar-refractivity contribution in [3.05, 3.63) is 28.8 Å². The van der Waals surface area contributed by atoms with E-state index in [9.17, 15) is 13.2 Å². The van der Waals surface area contributed by atoms with Crippen molar-refractivity contribution >= 4 is 16.0 Å². The zero-order valence-electron chi connectivity index (χ0n) is 12.1. The monoisotopic (exact) mass is 313 g/mol. The van der Waals surface area contributed by atoms with Crippen LogP contribution in [0.2, 0.25) is 0 Å². The molecule has 0 spiro atoms. The summed E-state index contributed by atoms with van der Waals surface area (Å²) in [5.74, 6) is -0.524. The minimum absolute atomic E-state index is 0.0490. The molecule has 1 fully saturated rings. The number of hydrogen-bond donors (Lipinski definition) is 1. The highest BCUT2D eigenvalue weighted by Crippen LogP contribution is 2.22. The predicted molar refractivity (Wildman–Crippen MR) is 76.5 cm³/mol. The highest BCUT2D eigenvalue weighted by atomic mass is 32.2. The zero-order chi connectivity index (χ0) is 15.6. The Bertz CT molecular complexity index is 648. The van der Waals surface area contributed by atoms with Gasteiger partial charge in [-0.3, -0.25) is 0 Å². The summed E-state index contributed by atoms with van der Waals surface area (Å²) in [5, 5.41) is 5.16. The summed E-state index contributed by atoms with van der Waals surface area (Å²) in [7, 11) is -3.87. The Kier molecular flexibility index (Phi) is 4.65. The molecule has 1 heterocycles. The molecule has 0 aromatic heterocycles. The summed E-state index contributed by atoms with van der Waals surface area (Å²) in [6, 6.07) is 2.92. The Morgan fingerprint density at radius 1 is 1.24 bits per heavy atom. The number of nitrogens with two attached hydrogens (primary N) is 1. The van der Waals surface area contributed by atoms with Gasteiger partial charge in [-0.1, -0.05) is 6.07 Å². The molecule has 0 amide bonds. The number of ether oxygens (including phenoxy) is 2. The van der Waals surface area contributed by atoms with Gasteiger partial charge >= 0.3 is 5.97 Å². The Morgan fingerprint density at radius 3 is 2.43 bits per heavy atom. The van der Waals surface area contributed by atoms with Gasteiger partial charge in [-0.15, -0.1) is 0 Å². The van der Waals surface area contributed by atoms with Crippen LogP contribution in [0.3, 0.4) is 0 Å². The lowest BCUT2D eigenvalue weighted by molar-refractivity contribution is -0.0159. The molecule has 0 aliphatic carbocycles. The molecule has 116 valence electrons. The number of carbonyl (C=O) groups excluding carboxylic acids is 1. The Balaban J connectivity index is 2.28. The molecule has 1 saturated heterocycles. The Labute approximate surface area is 124 Å². The second-order valence-electron chi connectivity index (χ2n) is 5.19. The molecule has 2 rings (SSSR count). The van der Waals surface area contributed by atoms with Crippen LogP contribution in [0.15, 0.2) is 17.0 Å². The summed E-state index contributed by atoms with van der Waals surface area (Å²) < 4.78 is 33.7. The van der Waals surface area contributed by atoms with Gasteiger partial charge in [0.15, 0.2) is 0 Å². The molecule has 1 aliphatic rings. The van der Waals surface area contributed by atoms with Crippen LogP contribution in [-0.2, 0) is 19.5 Å². The standard InChI is InChI=1S/C14H19NO5S/c1-9-7-10(2)13(21(15,17)18)8-12(9)14(16)20-11-3-5-19-6-4-11/h7-8,11H,3-6H2,1-2H3,(H2,15,17,18). The summed E-state index contributed by atoms with van der Waals surface area (Å²) in [4.78, 5) is 12.2. The van der Waals surface area contributed by atoms with E-state index < -0.39 is 16.0 Å². The molecule has 0 unspecified atom stereocenters. The summed E-state index contributed by atoms with van der Waals surface area (Å²) in [6.45, 7) is 4.50. The number of sulfonamides is 1. The number of esters is 1. The molecule has 2 N–H and O–H groups in total. The van der Waals surface area contributed by atoms with Crippen molar-refractivity contribution in [3.63, 3.8) is 0 Å². The molecule has 0 atom stereocenters. The Morgan fingerprint density at radius 2 is 1.86 bits per heavy atom. The van der Waals surface area contributed by atoms with E-state index >= 15 is 0 Å². The van der Waals surface area contributed by atoms with Crippen molar-refractivity contribution in [3.8, 4) is 0 Å². The maximum atomic E-state index is 12.2. The van der Waals surface area contributed by atoms with Crippen molar-refractivity contribution in [2.24, 2.45) is 5.14 Å². The first kappa shape index (κ1) is 15.9. The minimum atomic E-state index is -3.87. The fourth-order valence-electron chi connectivity index (χ4n) is 2.37. The molecule has 0 radical (unpaired) electrons. The second-order valence-corrected chi connectivity index (χ2v) is 6.72. The SMILES string of the molecule is Cc1cc(C)c(S(N)(=O)=O)cc1C(=O)OC1CCOCC1. The molecule has 0 saturated carbocycles. The first-order valence-electron chi connectivity index (χ1n) is 6.72. The van der Waals surface area contributed by atoms with E-state index in [0.717, 1.165) is 0 Å². The zero-order valence-corrected chi connectivity index (χ0v) is 12.9. The molecule has 21 heavy (non-hydrogen) atoms. The number of benzene rings is 1. The quantitative estimate of drug-likeness (QED) is 0.848. The minimum Gasteiger partial charge on any atom is -0.459 e. The molecule has 7 heteroatoms. The topological polar surface area (TPSA) is 95.7 Å². The number of carbonyl (C=O) groups is 1. The van der Waals surface area contributed by atoms with Crippen molar-refractivity contribution in [2.45, 2.75) is 37.7 Å². The van der Waals surface area contributed by atoms with Crippen LogP contribution in [0.4, 0.5) is 0 Å². The van der Waals surface area contributed by atoms with Crippen LogP contribution in [-0.4, -0.2) is 33.7 Å². The van der Waals surface area contributed by atoms with E-state index in [4.69, 9.17) is 14.6 Å². The molecule has 1 aromatic rings. The average Bonchev–Trinajstić information content (AvgIpc) is 2.38. The maximum Gasteiger partial charge on any atom is 0.338 e. The van der Waals surface area contributed by atoms with Gasteiger partial charge in [0.05, 0.1) is 23.7 Å². The lowest BCUT2D eigenvalue weighted by atomic mass is 10.1. The van der Waals surface area contributed by atoms with E-state index in [1.165, 1.54) is 6.07 Å². The highest BCUT2D eigenvalue weighted by Gasteiger charge is 2.22. The molecule has 6 nitrogen and oxygen atoms in total. The number of rotatable bonds is 3. The maximum absolute atomic E-state index is 12.2. The lowest BCUT2D eigenvalue weighted by Crippen LogP contribution is -2.26. The molecule has 1 aromatic carbocycles.